The van der Waals surface area contributed by atoms with Crippen LogP contribution in [0, 0.1) is 160 Å². The molecule has 28 atom stereocenters. The summed E-state index contributed by atoms with van der Waals surface area (Å²) in [6, 6.07) is 0.660. The van der Waals surface area contributed by atoms with Crippen molar-refractivity contribution in [2.75, 3.05) is 27.7 Å². The predicted molar refractivity (Wildman–Crippen MR) is 176 cm³/mol. The van der Waals surface area contributed by atoms with Gasteiger partial charge in [0, 0.05) is 12.0 Å². The minimum Gasteiger partial charge on any atom is -0.319 e. The highest BCUT2D eigenvalue weighted by molar-refractivity contribution is 5.58. The van der Waals surface area contributed by atoms with E-state index in [0.717, 1.165) is 160 Å². The molecule has 10 fully saturated rings. The lowest BCUT2D eigenvalue weighted by atomic mass is 9.44. The quantitative estimate of drug-likeness (QED) is 0.381. The van der Waals surface area contributed by atoms with Crippen LogP contribution in [0.3, 0.4) is 0 Å². The summed E-state index contributed by atoms with van der Waals surface area (Å²) in [6.45, 7) is 1.25. The molecule has 2 heteroatoms. The van der Waals surface area contributed by atoms with E-state index in [9.17, 15) is 0 Å². The van der Waals surface area contributed by atoms with Crippen molar-refractivity contribution >= 4 is 0 Å². The number of hydrogen-bond donors (Lipinski definition) is 1. The Balaban J connectivity index is 1.08. The summed E-state index contributed by atoms with van der Waals surface area (Å²) >= 11 is 0. The Morgan fingerprint density at radius 1 is 0.500 bits per heavy atom. The Labute approximate surface area is 275 Å². The highest BCUT2D eigenvalue weighted by Crippen LogP contribution is 2.90. The van der Waals surface area contributed by atoms with Crippen molar-refractivity contribution in [2.45, 2.75) is 31.7 Å². The van der Waals surface area contributed by atoms with E-state index in [-0.39, 0.29) is 0 Å². The Morgan fingerprint density at radius 2 is 1.04 bits per heavy atom. The van der Waals surface area contributed by atoms with Crippen LogP contribution < -0.4 is 5.32 Å². The molecule has 0 aromatic carbocycles. The minimum absolute atomic E-state index is 0.660. The number of hydrogen-bond acceptors (Lipinski definition) is 2. The van der Waals surface area contributed by atoms with Crippen molar-refractivity contribution in [1.29, 1.82) is 0 Å². The Morgan fingerprint density at radius 3 is 1.85 bits per heavy atom. The van der Waals surface area contributed by atoms with E-state index in [0.29, 0.717) is 6.04 Å². The molecule has 0 radical (unpaired) electrons. The average molecular weight is 609 g/mol. The standard InChI is InChI=1S/C44H52N2/c1-45-12-21-22-19-10-8-17-15-6-4-13-14-5-7-16-18-9-11-20-30-28(18)35-26(16)24(14)33-23(13)25(15)34-27(17)29(19)36-32(22)38(31(20)44(21)46(2)3)37(30)43-41(35)39(33)40(34)42(36)43/h5,7,9,11,13-30,32-34,36-37,39-40,42-45H,4,6,8,10,12H2,1-3H3. The van der Waals surface area contributed by atoms with E-state index in [2.05, 4.69) is 72.4 Å². The SMILES string of the molecule is CNCC1C2C3CCC4C5CCC6C7C=CC8C9C=CC%10C(=C%11C%12C%13C%14=C(C9C%10%12)C8C7C7C%14C8C%13C(C%112)C3C4C8C5C67)C1N(C)C. The maximum atomic E-state index is 3.88. The summed E-state index contributed by atoms with van der Waals surface area (Å²) in [7, 11) is 7.29. The van der Waals surface area contributed by atoms with Crippen molar-refractivity contribution in [2.24, 2.45) is 160 Å². The zero-order valence-electron chi connectivity index (χ0n) is 28.0. The zero-order valence-corrected chi connectivity index (χ0v) is 28.0. The monoisotopic (exact) mass is 608 g/mol. The summed E-state index contributed by atoms with van der Waals surface area (Å²) in [5, 5.41) is 3.88. The lowest BCUT2D eigenvalue weighted by Gasteiger charge is -2.60. The second-order valence-corrected chi connectivity index (χ2v) is 21.4. The summed E-state index contributed by atoms with van der Waals surface area (Å²) in [6.07, 6.45) is 18.2. The molecule has 28 unspecified atom stereocenters. The minimum atomic E-state index is 0.660. The van der Waals surface area contributed by atoms with E-state index in [4.69, 9.17) is 0 Å². The molecule has 46 heavy (non-hydrogen) atoms. The van der Waals surface area contributed by atoms with Crippen LogP contribution in [0.25, 0.3) is 0 Å². The van der Waals surface area contributed by atoms with Crippen LogP contribution in [-0.2, 0) is 0 Å². The normalized spacial score (nSPS) is 73.7. The van der Waals surface area contributed by atoms with Crippen molar-refractivity contribution in [3.63, 3.8) is 0 Å². The first kappa shape index (κ1) is 24.1. The van der Waals surface area contributed by atoms with E-state index < -0.39 is 0 Å². The highest BCUT2D eigenvalue weighted by Gasteiger charge is 2.86. The topological polar surface area (TPSA) is 15.3 Å². The van der Waals surface area contributed by atoms with Crippen molar-refractivity contribution < 1.29 is 0 Å². The van der Waals surface area contributed by atoms with Crippen LogP contribution in [0.15, 0.2) is 46.6 Å². The first-order valence-corrected chi connectivity index (χ1v) is 20.9. The third kappa shape index (κ3) is 1.92. The fourth-order valence-corrected chi connectivity index (χ4v) is 23.1. The molecule has 0 aliphatic heterocycles. The lowest BCUT2D eigenvalue weighted by molar-refractivity contribution is -0.127. The third-order valence-corrected chi connectivity index (χ3v) is 22.0. The molecule has 238 valence electrons. The van der Waals surface area contributed by atoms with Crippen molar-refractivity contribution in [3.05, 3.63) is 46.6 Å². The van der Waals surface area contributed by atoms with Gasteiger partial charge in [-0.2, -0.15) is 0 Å². The molecule has 2 nitrogen and oxygen atoms in total. The van der Waals surface area contributed by atoms with Crippen LogP contribution in [0.2, 0.25) is 0 Å². The van der Waals surface area contributed by atoms with E-state index >= 15 is 0 Å². The summed E-state index contributed by atoms with van der Waals surface area (Å²) in [4.78, 5) is 2.78. The van der Waals surface area contributed by atoms with E-state index in [1.54, 1.807) is 25.7 Å². The van der Waals surface area contributed by atoms with Gasteiger partial charge in [0.2, 0.25) is 0 Å². The number of allylic oxidation sites excluding steroid dienone is 7. The van der Waals surface area contributed by atoms with Crippen LogP contribution in [0.1, 0.15) is 25.7 Å². The third-order valence-electron chi connectivity index (χ3n) is 22.0. The van der Waals surface area contributed by atoms with Crippen LogP contribution in [0.4, 0.5) is 0 Å². The van der Waals surface area contributed by atoms with Gasteiger partial charge in [-0.05, 0) is 213 Å². The molecular weight excluding hydrogens is 556 g/mol. The first-order valence-electron chi connectivity index (χ1n) is 20.9. The fraction of sp³-hybridized carbons (Fsp3) is 0.818. The largest absolute Gasteiger partial charge is 0.319 e. The Kier molecular flexibility index (Phi) is 3.63. The molecule has 16 rings (SSSR count). The molecule has 0 heterocycles. The molecule has 0 spiro atoms. The van der Waals surface area contributed by atoms with Gasteiger partial charge < -0.3 is 10.2 Å². The van der Waals surface area contributed by atoms with Gasteiger partial charge in [0.15, 0.2) is 0 Å². The lowest BCUT2D eigenvalue weighted by Crippen LogP contribution is -2.57. The van der Waals surface area contributed by atoms with Gasteiger partial charge in [-0.1, -0.05) is 41.0 Å². The molecule has 0 bridgehead atoms. The molecular formula is C44H52N2. The van der Waals surface area contributed by atoms with Gasteiger partial charge >= 0.3 is 0 Å². The second-order valence-electron chi connectivity index (χ2n) is 21.4. The Bertz CT molecular complexity index is 1730. The smallest absolute Gasteiger partial charge is 0.0353 e. The van der Waals surface area contributed by atoms with Gasteiger partial charge in [-0.3, -0.25) is 0 Å². The van der Waals surface area contributed by atoms with Gasteiger partial charge in [0.25, 0.3) is 0 Å². The average Bonchev–Trinajstić information content (AvgIpc) is 3.88. The summed E-state index contributed by atoms with van der Waals surface area (Å²) < 4.78 is 0. The molecule has 1 N–H and O–H groups in total. The summed E-state index contributed by atoms with van der Waals surface area (Å²) in [5.74, 6) is 27.2. The van der Waals surface area contributed by atoms with Gasteiger partial charge in [-0.15, -0.1) is 0 Å². The van der Waals surface area contributed by atoms with Gasteiger partial charge in [0.1, 0.15) is 0 Å². The fourth-order valence-electron chi connectivity index (χ4n) is 23.1. The number of nitrogens with one attached hydrogen (secondary N) is 1. The zero-order chi connectivity index (χ0) is 29.1. The maximum absolute atomic E-state index is 3.88. The highest BCUT2D eigenvalue weighted by atomic mass is 15.1. The van der Waals surface area contributed by atoms with Gasteiger partial charge in [0.05, 0.1) is 0 Å². The van der Waals surface area contributed by atoms with Crippen LogP contribution >= 0.6 is 0 Å². The number of fused-ring (bicyclic) bond motifs is 5. The molecule has 0 aromatic heterocycles. The maximum Gasteiger partial charge on any atom is 0.0353 e. The number of likely N-dealkylation sites (N-methyl/N-ethyl adjacent to an activating group) is 1. The molecule has 0 amide bonds. The van der Waals surface area contributed by atoms with Crippen molar-refractivity contribution in [3.8, 4) is 0 Å². The Hall–Kier alpha value is -1.12. The molecule has 0 saturated heterocycles. The van der Waals surface area contributed by atoms with E-state index in [1.807, 2.05) is 5.57 Å². The molecule has 16 aliphatic rings. The predicted octanol–water partition coefficient (Wildman–Crippen LogP) is 6.26. The van der Waals surface area contributed by atoms with Crippen LogP contribution in [-0.4, -0.2) is 38.6 Å². The van der Waals surface area contributed by atoms with Crippen LogP contribution in [0.5, 0.6) is 0 Å². The van der Waals surface area contributed by atoms with Crippen molar-refractivity contribution in [1.82, 2.24) is 10.2 Å². The first-order chi connectivity index (χ1) is 22.7. The molecule has 10 saturated carbocycles. The summed E-state index contributed by atoms with van der Waals surface area (Å²) in [5.41, 5.74) is 8.76. The number of rotatable bonds is 3. The van der Waals surface area contributed by atoms with E-state index in [1.165, 1.54) is 6.54 Å². The van der Waals surface area contributed by atoms with Gasteiger partial charge in [-0.25, -0.2) is 0 Å². The molecule has 0 aromatic rings. The molecule has 16 aliphatic carbocycles. The number of nitrogens with zero attached hydrogens (tertiary/aromatic N) is 1. The second kappa shape index (κ2) is 6.93.